The number of hydrogen-bond acceptors (Lipinski definition) is 5. The molecule has 0 saturated heterocycles. The first-order valence-electron chi connectivity index (χ1n) is 5.75. The molecule has 0 amide bonds. The van der Waals surface area contributed by atoms with Gasteiger partial charge < -0.3 is 9.47 Å². The molecule has 0 saturated carbocycles. The third kappa shape index (κ3) is 8.68. The Hall–Kier alpha value is -1.10. The molecule has 0 heterocycles. The van der Waals surface area contributed by atoms with Crippen LogP contribution in [0.3, 0.4) is 0 Å². The van der Waals surface area contributed by atoms with Crippen molar-refractivity contribution in [2.24, 2.45) is 0 Å². The maximum atomic E-state index is 10.7. The number of esters is 2. The molecule has 0 aliphatic rings. The van der Waals surface area contributed by atoms with Crippen molar-refractivity contribution in [3.05, 3.63) is 0 Å². The van der Waals surface area contributed by atoms with Gasteiger partial charge in [-0.15, -0.1) is 0 Å². The van der Waals surface area contributed by atoms with Crippen molar-refractivity contribution < 1.29 is 19.1 Å². The van der Waals surface area contributed by atoms with E-state index in [9.17, 15) is 9.59 Å². The van der Waals surface area contributed by atoms with E-state index in [2.05, 4.69) is 25.7 Å². The van der Waals surface area contributed by atoms with Crippen molar-refractivity contribution in [1.29, 1.82) is 0 Å². The Balaban J connectivity index is 4.06. The summed E-state index contributed by atoms with van der Waals surface area (Å²) in [6.07, 6.45) is 0. The Labute approximate surface area is 103 Å². The van der Waals surface area contributed by atoms with Crippen LogP contribution in [0.4, 0.5) is 0 Å². The van der Waals surface area contributed by atoms with E-state index in [4.69, 9.17) is 9.47 Å². The minimum atomic E-state index is -0.279. The second-order valence-corrected chi connectivity index (χ2v) is 4.84. The van der Waals surface area contributed by atoms with Crippen molar-refractivity contribution in [3.8, 4) is 0 Å². The summed E-state index contributed by atoms with van der Waals surface area (Å²) in [5.41, 5.74) is -0.0553. The summed E-state index contributed by atoms with van der Waals surface area (Å²) in [6.45, 7) is 10.9. The van der Waals surface area contributed by atoms with Crippen LogP contribution < -0.4 is 0 Å². The van der Waals surface area contributed by atoms with Gasteiger partial charge in [-0.05, 0) is 20.8 Å². The molecule has 0 N–H and O–H groups in total. The normalized spacial score (nSPS) is 11.4. The van der Waals surface area contributed by atoms with E-state index in [1.165, 1.54) is 13.8 Å². The number of rotatable bonds is 6. The van der Waals surface area contributed by atoms with Crippen molar-refractivity contribution >= 4 is 11.9 Å². The molecule has 0 aromatic carbocycles. The summed E-state index contributed by atoms with van der Waals surface area (Å²) in [7, 11) is 0. The van der Waals surface area contributed by atoms with Crippen LogP contribution in [0.25, 0.3) is 0 Å². The molecule has 0 aliphatic carbocycles. The van der Waals surface area contributed by atoms with Gasteiger partial charge in [-0.3, -0.25) is 14.5 Å². The third-order valence-corrected chi connectivity index (χ3v) is 2.28. The van der Waals surface area contributed by atoms with Gasteiger partial charge in [-0.1, -0.05) is 0 Å². The highest BCUT2D eigenvalue weighted by Gasteiger charge is 2.21. The molecule has 0 radical (unpaired) electrons. The standard InChI is InChI=1S/C12H23NO4/c1-10(14)16-8-6-13(12(3,4)5)7-9-17-11(2)15/h6-9H2,1-5H3. The second kappa shape index (κ2) is 7.27. The fraction of sp³-hybridized carbons (Fsp3) is 0.833. The van der Waals surface area contributed by atoms with Gasteiger partial charge in [0.05, 0.1) is 0 Å². The van der Waals surface area contributed by atoms with Crippen LogP contribution in [0, 0.1) is 0 Å². The first-order valence-corrected chi connectivity index (χ1v) is 5.75. The number of ether oxygens (including phenoxy) is 2. The smallest absolute Gasteiger partial charge is 0.302 e. The summed E-state index contributed by atoms with van der Waals surface area (Å²) in [6, 6.07) is 0. The summed E-state index contributed by atoms with van der Waals surface area (Å²) in [5, 5.41) is 0. The van der Waals surface area contributed by atoms with Crippen molar-refractivity contribution in [2.45, 2.75) is 40.2 Å². The van der Waals surface area contributed by atoms with E-state index in [0.717, 1.165) is 0 Å². The van der Waals surface area contributed by atoms with E-state index in [0.29, 0.717) is 26.3 Å². The predicted octanol–water partition coefficient (Wildman–Crippen LogP) is 1.21. The lowest BCUT2D eigenvalue weighted by Crippen LogP contribution is -2.45. The lowest BCUT2D eigenvalue weighted by atomic mass is 10.1. The van der Waals surface area contributed by atoms with Crippen LogP contribution in [0.5, 0.6) is 0 Å². The SMILES string of the molecule is CC(=O)OCCN(CCOC(C)=O)C(C)(C)C. The molecule has 0 atom stereocenters. The molecule has 5 heteroatoms. The Morgan fingerprint density at radius 1 is 0.941 bits per heavy atom. The van der Waals surface area contributed by atoms with E-state index in [1.54, 1.807) is 0 Å². The van der Waals surface area contributed by atoms with Gasteiger partial charge in [0, 0.05) is 32.5 Å². The average Bonchev–Trinajstić information content (AvgIpc) is 2.12. The fourth-order valence-corrected chi connectivity index (χ4v) is 1.38. The Bertz CT molecular complexity index is 238. The summed E-state index contributed by atoms with van der Waals surface area (Å²) in [4.78, 5) is 23.4. The van der Waals surface area contributed by atoms with Gasteiger partial charge in [0.15, 0.2) is 0 Å². The molecule has 0 fully saturated rings. The second-order valence-electron chi connectivity index (χ2n) is 4.84. The van der Waals surface area contributed by atoms with Crippen molar-refractivity contribution in [1.82, 2.24) is 4.90 Å². The molecule has 0 aliphatic heterocycles. The van der Waals surface area contributed by atoms with E-state index < -0.39 is 0 Å². The van der Waals surface area contributed by atoms with Gasteiger partial charge in [0.1, 0.15) is 13.2 Å². The van der Waals surface area contributed by atoms with Crippen LogP contribution in [0.15, 0.2) is 0 Å². The Kier molecular flexibility index (Phi) is 6.80. The van der Waals surface area contributed by atoms with Gasteiger partial charge in [0.25, 0.3) is 0 Å². The zero-order valence-electron chi connectivity index (χ0n) is 11.4. The fourth-order valence-electron chi connectivity index (χ4n) is 1.38. The quantitative estimate of drug-likeness (QED) is 0.658. The predicted molar refractivity (Wildman–Crippen MR) is 64.6 cm³/mol. The Morgan fingerprint density at radius 3 is 1.53 bits per heavy atom. The summed E-state index contributed by atoms with van der Waals surface area (Å²) in [5.74, 6) is -0.558. The molecule has 0 aromatic rings. The highest BCUT2D eigenvalue weighted by atomic mass is 16.5. The van der Waals surface area contributed by atoms with E-state index in [-0.39, 0.29) is 17.5 Å². The monoisotopic (exact) mass is 245 g/mol. The van der Waals surface area contributed by atoms with E-state index >= 15 is 0 Å². The molecule has 0 aromatic heterocycles. The first kappa shape index (κ1) is 15.9. The zero-order chi connectivity index (χ0) is 13.5. The number of carbonyl (C=O) groups is 2. The number of nitrogens with zero attached hydrogens (tertiary/aromatic N) is 1. The van der Waals surface area contributed by atoms with Crippen LogP contribution in [-0.2, 0) is 19.1 Å². The highest BCUT2D eigenvalue weighted by molar-refractivity contribution is 5.66. The third-order valence-electron chi connectivity index (χ3n) is 2.28. The average molecular weight is 245 g/mol. The van der Waals surface area contributed by atoms with Gasteiger partial charge in [-0.2, -0.15) is 0 Å². The summed E-state index contributed by atoms with van der Waals surface area (Å²) >= 11 is 0. The Morgan fingerprint density at radius 2 is 1.29 bits per heavy atom. The lowest BCUT2D eigenvalue weighted by Gasteiger charge is -2.35. The molecular formula is C12H23NO4. The van der Waals surface area contributed by atoms with Crippen LogP contribution in [-0.4, -0.2) is 48.7 Å². The maximum Gasteiger partial charge on any atom is 0.302 e. The molecule has 0 rings (SSSR count). The largest absolute Gasteiger partial charge is 0.465 e. The summed E-state index contributed by atoms with van der Waals surface area (Å²) < 4.78 is 9.81. The maximum absolute atomic E-state index is 10.7. The minimum absolute atomic E-state index is 0.0553. The topological polar surface area (TPSA) is 55.8 Å². The number of hydrogen-bond donors (Lipinski definition) is 0. The molecule has 17 heavy (non-hydrogen) atoms. The molecular weight excluding hydrogens is 222 g/mol. The van der Waals surface area contributed by atoms with Crippen LogP contribution in [0.2, 0.25) is 0 Å². The van der Waals surface area contributed by atoms with Crippen LogP contribution >= 0.6 is 0 Å². The molecule has 5 nitrogen and oxygen atoms in total. The first-order chi connectivity index (χ1) is 7.73. The molecule has 0 spiro atoms. The lowest BCUT2D eigenvalue weighted by molar-refractivity contribution is -0.142. The molecule has 0 unspecified atom stereocenters. The molecule has 0 bridgehead atoms. The van der Waals surface area contributed by atoms with Gasteiger partial charge in [-0.25, -0.2) is 0 Å². The number of carbonyl (C=O) groups excluding carboxylic acids is 2. The van der Waals surface area contributed by atoms with Crippen molar-refractivity contribution in [3.63, 3.8) is 0 Å². The van der Waals surface area contributed by atoms with Crippen LogP contribution in [0.1, 0.15) is 34.6 Å². The van der Waals surface area contributed by atoms with Gasteiger partial charge >= 0.3 is 11.9 Å². The van der Waals surface area contributed by atoms with Gasteiger partial charge in [0.2, 0.25) is 0 Å². The van der Waals surface area contributed by atoms with E-state index in [1.807, 2.05) is 0 Å². The zero-order valence-corrected chi connectivity index (χ0v) is 11.4. The minimum Gasteiger partial charge on any atom is -0.465 e. The molecule has 100 valence electrons. The van der Waals surface area contributed by atoms with Crippen molar-refractivity contribution in [2.75, 3.05) is 26.3 Å². The highest BCUT2D eigenvalue weighted by Crippen LogP contribution is 2.12.